The lowest BCUT2D eigenvalue weighted by atomic mass is 10.0. The van der Waals surface area contributed by atoms with E-state index in [1.54, 1.807) is 0 Å². The number of ether oxygens (including phenoxy) is 2. The van der Waals surface area contributed by atoms with Crippen molar-refractivity contribution < 1.29 is 9.47 Å². The van der Waals surface area contributed by atoms with Crippen LogP contribution in [0.1, 0.15) is 20.8 Å². The van der Waals surface area contributed by atoms with Crippen LogP contribution in [0.4, 0.5) is 0 Å². The number of hydrogen-bond acceptors (Lipinski definition) is 2. The molecule has 0 radical (unpaired) electrons. The first-order chi connectivity index (χ1) is 5.43. The molecular weight excluding hydrogens is 176 g/mol. The highest BCUT2D eigenvalue weighted by Crippen LogP contribution is 2.36. The van der Waals surface area contributed by atoms with E-state index in [0.29, 0.717) is 5.88 Å². The van der Waals surface area contributed by atoms with E-state index in [1.165, 1.54) is 0 Å². The van der Waals surface area contributed by atoms with Gasteiger partial charge < -0.3 is 9.47 Å². The van der Waals surface area contributed by atoms with E-state index < -0.39 is 11.4 Å². The van der Waals surface area contributed by atoms with Gasteiger partial charge in [0.25, 0.3) is 0 Å². The number of hydrogen-bond donors (Lipinski definition) is 0. The molecule has 0 saturated carbocycles. The summed E-state index contributed by atoms with van der Waals surface area (Å²) in [6, 6.07) is 0. The van der Waals surface area contributed by atoms with Crippen LogP contribution in [0.15, 0.2) is 0 Å². The minimum absolute atomic E-state index is 0.223. The lowest BCUT2D eigenvalue weighted by molar-refractivity contribution is -0.151. The van der Waals surface area contributed by atoms with Crippen molar-refractivity contribution in [3.63, 3.8) is 0 Å². The fraction of sp³-hybridized carbons (Fsp3) is 0.778. The van der Waals surface area contributed by atoms with Crippen molar-refractivity contribution in [3.8, 4) is 12.3 Å². The molecule has 1 heterocycles. The first kappa shape index (κ1) is 9.85. The zero-order chi connectivity index (χ0) is 9.41. The highest BCUT2D eigenvalue weighted by Gasteiger charge is 2.48. The molecule has 1 rings (SSSR count). The summed E-state index contributed by atoms with van der Waals surface area (Å²) in [6.07, 6.45) is 5.12. The maximum absolute atomic E-state index is 5.70. The van der Waals surface area contributed by atoms with Crippen molar-refractivity contribution in [1.82, 2.24) is 0 Å². The summed E-state index contributed by atoms with van der Waals surface area (Å²) < 4.78 is 11.1. The highest BCUT2D eigenvalue weighted by atomic mass is 35.5. The first-order valence-electron chi connectivity index (χ1n) is 3.85. The third kappa shape index (κ3) is 1.59. The van der Waals surface area contributed by atoms with Crippen molar-refractivity contribution in [2.24, 2.45) is 0 Å². The molecule has 0 N–H and O–H groups in total. The maximum Gasteiger partial charge on any atom is 0.165 e. The second kappa shape index (κ2) is 2.92. The van der Waals surface area contributed by atoms with Crippen LogP contribution in [-0.4, -0.2) is 23.4 Å². The Morgan fingerprint density at radius 2 is 2.08 bits per heavy atom. The molecule has 0 unspecified atom stereocenters. The van der Waals surface area contributed by atoms with Gasteiger partial charge in [-0.15, -0.1) is 18.0 Å². The van der Waals surface area contributed by atoms with Gasteiger partial charge in [0.1, 0.15) is 6.10 Å². The van der Waals surface area contributed by atoms with Crippen LogP contribution in [0, 0.1) is 12.3 Å². The predicted molar refractivity (Wildman–Crippen MR) is 48.0 cm³/mol. The summed E-state index contributed by atoms with van der Waals surface area (Å²) >= 11 is 5.70. The quantitative estimate of drug-likeness (QED) is 0.461. The van der Waals surface area contributed by atoms with Gasteiger partial charge >= 0.3 is 0 Å². The van der Waals surface area contributed by atoms with Crippen molar-refractivity contribution in [1.29, 1.82) is 0 Å². The van der Waals surface area contributed by atoms with Gasteiger partial charge in [0.15, 0.2) is 11.4 Å². The van der Waals surface area contributed by atoms with Crippen molar-refractivity contribution in [2.45, 2.75) is 38.3 Å². The molecule has 1 aliphatic rings. The molecule has 0 aromatic rings. The lowest BCUT2D eigenvalue weighted by Gasteiger charge is -2.21. The zero-order valence-electron chi connectivity index (χ0n) is 7.56. The lowest BCUT2D eigenvalue weighted by Crippen LogP contribution is -2.36. The van der Waals surface area contributed by atoms with E-state index in [1.807, 2.05) is 20.8 Å². The van der Waals surface area contributed by atoms with E-state index in [-0.39, 0.29) is 6.10 Å². The molecule has 1 saturated heterocycles. The Balaban J connectivity index is 2.85. The van der Waals surface area contributed by atoms with Crippen LogP contribution >= 0.6 is 11.6 Å². The Morgan fingerprint density at radius 3 is 2.42 bits per heavy atom. The molecule has 2 atom stereocenters. The van der Waals surface area contributed by atoms with Crippen LogP contribution in [0.25, 0.3) is 0 Å². The van der Waals surface area contributed by atoms with Gasteiger partial charge in [-0.2, -0.15) is 0 Å². The van der Waals surface area contributed by atoms with E-state index in [0.717, 1.165) is 0 Å². The molecule has 0 aromatic carbocycles. The van der Waals surface area contributed by atoms with Crippen LogP contribution < -0.4 is 0 Å². The van der Waals surface area contributed by atoms with Gasteiger partial charge in [0, 0.05) is 0 Å². The Bertz CT molecular complexity index is 219. The standard InChI is InChI=1S/C9H13ClO2/c1-5-9(4)7(6-10)11-8(2,3)12-9/h1,7H,6H2,2-4H3/t7-,9+/m0/s1. The average Bonchev–Trinajstić information content (AvgIpc) is 2.22. The van der Waals surface area contributed by atoms with Crippen molar-refractivity contribution >= 4 is 11.6 Å². The summed E-state index contributed by atoms with van der Waals surface area (Å²) in [5, 5.41) is 0. The highest BCUT2D eigenvalue weighted by molar-refractivity contribution is 6.18. The fourth-order valence-corrected chi connectivity index (χ4v) is 1.71. The maximum atomic E-state index is 5.70. The van der Waals surface area contributed by atoms with E-state index in [4.69, 9.17) is 27.5 Å². The monoisotopic (exact) mass is 188 g/mol. The second-order valence-corrected chi connectivity index (χ2v) is 3.82. The van der Waals surface area contributed by atoms with E-state index >= 15 is 0 Å². The van der Waals surface area contributed by atoms with Crippen molar-refractivity contribution in [3.05, 3.63) is 0 Å². The summed E-state index contributed by atoms with van der Waals surface area (Å²) in [5.74, 6) is 2.29. The minimum atomic E-state index is -0.689. The van der Waals surface area contributed by atoms with E-state index in [2.05, 4.69) is 5.92 Å². The van der Waals surface area contributed by atoms with Crippen LogP contribution in [-0.2, 0) is 9.47 Å². The zero-order valence-corrected chi connectivity index (χ0v) is 8.31. The molecule has 3 heteroatoms. The predicted octanol–water partition coefficient (Wildman–Crippen LogP) is 1.77. The van der Waals surface area contributed by atoms with Crippen molar-refractivity contribution in [2.75, 3.05) is 5.88 Å². The average molecular weight is 189 g/mol. The Morgan fingerprint density at radius 1 is 1.50 bits per heavy atom. The summed E-state index contributed by atoms with van der Waals surface area (Å²) in [5.41, 5.74) is -0.689. The normalized spacial score (nSPS) is 39.4. The largest absolute Gasteiger partial charge is 0.342 e. The topological polar surface area (TPSA) is 18.5 Å². The number of rotatable bonds is 1. The molecular formula is C9H13ClO2. The van der Waals surface area contributed by atoms with Crippen LogP contribution in [0.5, 0.6) is 0 Å². The Kier molecular flexibility index (Phi) is 2.40. The van der Waals surface area contributed by atoms with Crippen LogP contribution in [0.2, 0.25) is 0 Å². The number of alkyl halides is 1. The third-order valence-electron chi connectivity index (χ3n) is 1.93. The molecule has 0 bridgehead atoms. The number of halogens is 1. The summed E-state index contributed by atoms with van der Waals surface area (Å²) in [6.45, 7) is 5.47. The van der Waals surface area contributed by atoms with Gasteiger partial charge in [-0.05, 0) is 20.8 Å². The molecule has 1 aliphatic heterocycles. The van der Waals surface area contributed by atoms with Gasteiger partial charge in [0.05, 0.1) is 5.88 Å². The van der Waals surface area contributed by atoms with E-state index in [9.17, 15) is 0 Å². The third-order valence-corrected chi connectivity index (χ3v) is 2.21. The molecule has 1 fully saturated rings. The Labute approximate surface area is 78.2 Å². The summed E-state index contributed by atoms with van der Waals surface area (Å²) in [4.78, 5) is 0. The molecule has 0 aliphatic carbocycles. The minimum Gasteiger partial charge on any atom is -0.342 e. The Hall–Kier alpha value is -0.230. The SMILES string of the molecule is C#C[C@@]1(C)OC(C)(C)O[C@H]1CCl. The molecule has 0 amide bonds. The smallest absolute Gasteiger partial charge is 0.165 e. The van der Waals surface area contributed by atoms with Crippen LogP contribution in [0.3, 0.4) is 0 Å². The second-order valence-electron chi connectivity index (χ2n) is 3.51. The number of terminal acetylenes is 1. The van der Waals surface area contributed by atoms with Gasteiger partial charge in [-0.3, -0.25) is 0 Å². The molecule has 2 nitrogen and oxygen atoms in total. The van der Waals surface area contributed by atoms with Gasteiger partial charge in [0.2, 0.25) is 0 Å². The molecule has 0 spiro atoms. The fourth-order valence-electron chi connectivity index (χ4n) is 1.36. The first-order valence-corrected chi connectivity index (χ1v) is 4.39. The molecule has 0 aromatic heterocycles. The van der Waals surface area contributed by atoms with Gasteiger partial charge in [-0.1, -0.05) is 5.92 Å². The molecule has 68 valence electrons. The summed E-state index contributed by atoms with van der Waals surface area (Å²) in [7, 11) is 0. The molecule has 12 heavy (non-hydrogen) atoms. The van der Waals surface area contributed by atoms with Gasteiger partial charge in [-0.25, -0.2) is 0 Å².